The Morgan fingerprint density at radius 3 is 2.91 bits per heavy atom. The maximum Gasteiger partial charge on any atom is 0.253 e. The molecule has 3 rings (SSSR count). The molecule has 22 heavy (non-hydrogen) atoms. The molecule has 0 bridgehead atoms. The molecule has 0 saturated carbocycles. The minimum atomic E-state index is -0.313. The summed E-state index contributed by atoms with van der Waals surface area (Å²) in [5.41, 5.74) is 1.05. The molecule has 1 aromatic heterocycles. The molecule has 1 N–H and O–H groups in total. The third kappa shape index (κ3) is 2.93. The molecule has 2 aromatic rings. The van der Waals surface area contributed by atoms with Crippen molar-refractivity contribution in [3.05, 3.63) is 46.6 Å². The standard InChI is InChI=1S/C15H15N3O4/c1-2-10-6-15(20)18(8-16-10)7-14(19)17-11-3-4-12-13(5-11)22-9-21-12/h3-6,8H,2,7,9H2,1H3,(H,17,19). The number of aryl methyl sites for hydroxylation is 1. The molecule has 7 heteroatoms. The monoisotopic (exact) mass is 301 g/mol. The van der Waals surface area contributed by atoms with Crippen LogP contribution in [0.4, 0.5) is 5.69 Å². The van der Waals surface area contributed by atoms with Crippen molar-refractivity contribution in [1.82, 2.24) is 9.55 Å². The van der Waals surface area contributed by atoms with Gasteiger partial charge in [-0.2, -0.15) is 0 Å². The largest absolute Gasteiger partial charge is 0.454 e. The average molecular weight is 301 g/mol. The molecule has 0 atom stereocenters. The minimum Gasteiger partial charge on any atom is -0.454 e. The summed E-state index contributed by atoms with van der Waals surface area (Å²) in [6.45, 7) is 2.00. The predicted molar refractivity (Wildman–Crippen MR) is 79.1 cm³/mol. The maximum absolute atomic E-state index is 12.0. The van der Waals surface area contributed by atoms with Crippen molar-refractivity contribution in [3.8, 4) is 11.5 Å². The van der Waals surface area contributed by atoms with Crippen molar-refractivity contribution in [2.75, 3.05) is 12.1 Å². The molecule has 1 aliphatic rings. The van der Waals surface area contributed by atoms with Crippen molar-refractivity contribution < 1.29 is 14.3 Å². The summed E-state index contributed by atoms with van der Waals surface area (Å²) in [4.78, 5) is 28.0. The first-order valence-corrected chi connectivity index (χ1v) is 6.90. The molecule has 0 spiro atoms. The number of hydrogen-bond donors (Lipinski definition) is 1. The lowest BCUT2D eigenvalue weighted by atomic mass is 10.2. The molecule has 0 aliphatic carbocycles. The fraction of sp³-hybridized carbons (Fsp3) is 0.267. The molecule has 0 unspecified atom stereocenters. The second kappa shape index (κ2) is 5.88. The van der Waals surface area contributed by atoms with Gasteiger partial charge in [-0.25, -0.2) is 4.98 Å². The lowest BCUT2D eigenvalue weighted by molar-refractivity contribution is -0.116. The quantitative estimate of drug-likeness (QED) is 0.916. The van der Waals surface area contributed by atoms with Crippen LogP contribution in [0.15, 0.2) is 35.4 Å². The molecule has 114 valence electrons. The number of fused-ring (bicyclic) bond motifs is 1. The lowest BCUT2D eigenvalue weighted by Gasteiger charge is -2.08. The van der Waals surface area contributed by atoms with Crippen molar-refractivity contribution in [2.24, 2.45) is 0 Å². The molecule has 1 amide bonds. The van der Waals surface area contributed by atoms with Crippen LogP contribution in [-0.4, -0.2) is 22.3 Å². The number of nitrogens with one attached hydrogen (secondary N) is 1. The number of anilines is 1. The number of rotatable bonds is 4. The summed E-state index contributed by atoms with van der Waals surface area (Å²) in [6, 6.07) is 6.56. The van der Waals surface area contributed by atoms with Gasteiger partial charge in [-0.1, -0.05) is 6.92 Å². The molecular weight excluding hydrogens is 286 g/mol. The fourth-order valence-corrected chi connectivity index (χ4v) is 2.11. The van der Waals surface area contributed by atoms with E-state index in [2.05, 4.69) is 10.3 Å². The number of hydrogen-bond acceptors (Lipinski definition) is 5. The third-order valence-electron chi connectivity index (χ3n) is 3.27. The Kier molecular flexibility index (Phi) is 3.78. The van der Waals surface area contributed by atoms with E-state index in [4.69, 9.17) is 9.47 Å². The van der Waals surface area contributed by atoms with Gasteiger partial charge in [0.1, 0.15) is 6.54 Å². The van der Waals surface area contributed by atoms with Crippen molar-refractivity contribution in [2.45, 2.75) is 19.9 Å². The Morgan fingerprint density at radius 1 is 1.32 bits per heavy atom. The fourth-order valence-electron chi connectivity index (χ4n) is 2.11. The van der Waals surface area contributed by atoms with Crippen molar-refractivity contribution in [3.63, 3.8) is 0 Å². The second-order valence-corrected chi connectivity index (χ2v) is 4.82. The average Bonchev–Trinajstić information content (AvgIpc) is 2.96. The van der Waals surface area contributed by atoms with Crippen molar-refractivity contribution in [1.29, 1.82) is 0 Å². The Labute approximate surface area is 126 Å². The van der Waals surface area contributed by atoms with E-state index in [1.54, 1.807) is 18.2 Å². The minimum absolute atomic E-state index is 0.0930. The summed E-state index contributed by atoms with van der Waals surface area (Å²) in [6.07, 6.45) is 2.07. The van der Waals surface area contributed by atoms with Crippen LogP contribution in [0.25, 0.3) is 0 Å². The van der Waals surface area contributed by atoms with E-state index in [0.717, 1.165) is 0 Å². The van der Waals surface area contributed by atoms with Crippen molar-refractivity contribution >= 4 is 11.6 Å². The number of amides is 1. The molecule has 7 nitrogen and oxygen atoms in total. The number of carbonyl (C=O) groups is 1. The maximum atomic E-state index is 12.0. The highest BCUT2D eigenvalue weighted by atomic mass is 16.7. The van der Waals surface area contributed by atoms with Crippen LogP contribution >= 0.6 is 0 Å². The summed E-state index contributed by atoms with van der Waals surface area (Å²) in [7, 11) is 0. The van der Waals surface area contributed by atoms with Gasteiger partial charge >= 0.3 is 0 Å². The van der Waals surface area contributed by atoms with Gasteiger partial charge in [0.05, 0.1) is 6.33 Å². The zero-order chi connectivity index (χ0) is 15.5. The van der Waals surface area contributed by atoms with E-state index < -0.39 is 0 Å². The Morgan fingerprint density at radius 2 is 2.14 bits per heavy atom. The van der Waals surface area contributed by atoms with Crippen LogP contribution < -0.4 is 20.3 Å². The van der Waals surface area contributed by atoms with Gasteiger partial charge in [0.2, 0.25) is 12.7 Å². The smallest absolute Gasteiger partial charge is 0.253 e. The van der Waals surface area contributed by atoms with Gasteiger partial charge in [-0.15, -0.1) is 0 Å². The van der Waals surface area contributed by atoms with Gasteiger partial charge in [0, 0.05) is 23.5 Å². The number of benzene rings is 1. The Bertz CT molecular complexity index is 770. The van der Waals surface area contributed by atoms with Gasteiger partial charge in [0.15, 0.2) is 11.5 Å². The third-order valence-corrected chi connectivity index (χ3v) is 3.27. The molecule has 0 radical (unpaired) electrons. The van der Waals surface area contributed by atoms with E-state index in [-0.39, 0.29) is 24.8 Å². The topological polar surface area (TPSA) is 82.5 Å². The van der Waals surface area contributed by atoms with Crippen LogP contribution in [0, 0.1) is 0 Å². The summed E-state index contributed by atoms with van der Waals surface area (Å²) >= 11 is 0. The first-order valence-electron chi connectivity index (χ1n) is 6.90. The highest BCUT2D eigenvalue weighted by Crippen LogP contribution is 2.34. The van der Waals surface area contributed by atoms with Gasteiger partial charge in [-0.3, -0.25) is 14.2 Å². The molecule has 1 aromatic carbocycles. The number of carbonyl (C=O) groups excluding carboxylic acids is 1. The molecular formula is C15H15N3O4. The van der Waals surface area contributed by atoms with E-state index in [1.165, 1.54) is 17.0 Å². The normalized spacial score (nSPS) is 12.2. The number of nitrogens with zero attached hydrogens (tertiary/aromatic N) is 2. The van der Waals surface area contributed by atoms with E-state index >= 15 is 0 Å². The predicted octanol–water partition coefficient (Wildman–Crippen LogP) is 1.17. The van der Waals surface area contributed by atoms with Crippen LogP contribution in [-0.2, 0) is 17.8 Å². The summed E-state index contributed by atoms with van der Waals surface area (Å²) < 4.78 is 11.7. The highest BCUT2D eigenvalue weighted by molar-refractivity contribution is 5.90. The Balaban J connectivity index is 1.69. The first kappa shape index (κ1) is 14.1. The summed E-state index contributed by atoms with van der Waals surface area (Å²) in [5.74, 6) is 0.921. The molecule has 1 aliphatic heterocycles. The lowest BCUT2D eigenvalue weighted by Crippen LogP contribution is -2.27. The Hall–Kier alpha value is -2.83. The van der Waals surface area contributed by atoms with Gasteiger partial charge in [0.25, 0.3) is 5.56 Å². The van der Waals surface area contributed by atoms with Crippen LogP contribution in [0.1, 0.15) is 12.6 Å². The molecule has 2 heterocycles. The zero-order valence-electron chi connectivity index (χ0n) is 12.0. The van der Waals surface area contributed by atoms with Crippen LogP contribution in [0.5, 0.6) is 11.5 Å². The van der Waals surface area contributed by atoms with Crippen LogP contribution in [0.3, 0.4) is 0 Å². The van der Waals surface area contributed by atoms with Gasteiger partial charge in [-0.05, 0) is 18.6 Å². The van der Waals surface area contributed by atoms with E-state index in [1.807, 2.05) is 6.92 Å². The first-order chi connectivity index (χ1) is 10.7. The summed E-state index contributed by atoms with van der Waals surface area (Å²) in [5, 5.41) is 2.71. The van der Waals surface area contributed by atoms with Gasteiger partial charge < -0.3 is 14.8 Å². The second-order valence-electron chi connectivity index (χ2n) is 4.82. The van der Waals surface area contributed by atoms with E-state index in [0.29, 0.717) is 29.3 Å². The van der Waals surface area contributed by atoms with E-state index in [9.17, 15) is 9.59 Å². The SMILES string of the molecule is CCc1cc(=O)n(CC(=O)Nc2ccc3c(c2)OCO3)cn1. The molecule has 0 saturated heterocycles. The van der Waals surface area contributed by atoms with Crippen LogP contribution in [0.2, 0.25) is 0 Å². The number of aromatic nitrogens is 2. The molecule has 0 fully saturated rings. The number of ether oxygens (including phenoxy) is 2. The zero-order valence-corrected chi connectivity index (χ0v) is 12.0. The highest BCUT2D eigenvalue weighted by Gasteiger charge is 2.14.